The number of carbonyl (C=O) groups excluding carboxylic acids is 2. The maximum atomic E-state index is 12.4. The van der Waals surface area contributed by atoms with Gasteiger partial charge in [-0.3, -0.25) is 4.79 Å². The molecule has 0 saturated carbocycles. The van der Waals surface area contributed by atoms with E-state index in [0.29, 0.717) is 39.9 Å². The van der Waals surface area contributed by atoms with Crippen molar-refractivity contribution in [3.63, 3.8) is 0 Å². The lowest BCUT2D eigenvalue weighted by molar-refractivity contribution is -0.129. The minimum Gasteiger partial charge on any atom is -0.493 e. The highest BCUT2D eigenvalue weighted by molar-refractivity contribution is 6.32. The Kier molecular flexibility index (Phi) is 7.48. The van der Waals surface area contributed by atoms with Crippen LogP contribution in [0.5, 0.6) is 11.5 Å². The lowest BCUT2D eigenvalue weighted by Gasteiger charge is -2.13. The zero-order valence-electron chi connectivity index (χ0n) is 19.2. The van der Waals surface area contributed by atoms with E-state index < -0.39 is 5.97 Å². The number of ether oxygens (including phenoxy) is 3. The van der Waals surface area contributed by atoms with Crippen molar-refractivity contribution in [3.8, 4) is 11.5 Å². The maximum Gasteiger partial charge on any atom is 0.363 e. The smallest absolute Gasteiger partial charge is 0.363 e. The molecule has 0 spiro atoms. The number of aliphatic imine (C=N–C) groups is 1. The molecule has 35 heavy (non-hydrogen) atoms. The molecule has 3 aromatic rings. The highest BCUT2D eigenvalue weighted by Gasteiger charge is 2.24. The van der Waals surface area contributed by atoms with Gasteiger partial charge in [0.1, 0.15) is 0 Å². The zero-order chi connectivity index (χ0) is 24.8. The first kappa shape index (κ1) is 24.0. The number of rotatable bonds is 8. The Labute approximate surface area is 208 Å². The van der Waals surface area contributed by atoms with Crippen LogP contribution < -0.4 is 14.8 Å². The van der Waals surface area contributed by atoms with Crippen LogP contribution in [0.2, 0.25) is 5.02 Å². The quantitative estimate of drug-likeness (QED) is 0.343. The van der Waals surface area contributed by atoms with Crippen LogP contribution in [0.4, 0.5) is 5.69 Å². The molecule has 1 amide bonds. The number of benzene rings is 3. The van der Waals surface area contributed by atoms with Crippen LogP contribution >= 0.6 is 11.6 Å². The molecule has 0 atom stereocenters. The molecule has 0 unspecified atom stereocenters. The molecular formula is C27H23ClN2O5. The van der Waals surface area contributed by atoms with Crippen LogP contribution in [-0.2, 0) is 20.7 Å². The molecule has 1 heterocycles. The number of nitrogens with one attached hydrogen (secondary N) is 1. The van der Waals surface area contributed by atoms with Gasteiger partial charge in [-0.25, -0.2) is 9.79 Å². The third kappa shape index (κ3) is 6.07. The minimum atomic E-state index is -0.579. The van der Waals surface area contributed by atoms with Crippen molar-refractivity contribution in [2.45, 2.75) is 13.3 Å². The molecule has 0 radical (unpaired) electrons. The second kappa shape index (κ2) is 10.9. The van der Waals surface area contributed by atoms with Crippen LogP contribution in [0.1, 0.15) is 23.6 Å². The number of amides is 1. The number of cyclic esters (lactones) is 1. The second-order valence-corrected chi connectivity index (χ2v) is 8.12. The van der Waals surface area contributed by atoms with Crippen LogP contribution in [0, 0.1) is 0 Å². The molecule has 0 aliphatic carbocycles. The first-order chi connectivity index (χ1) is 16.9. The van der Waals surface area contributed by atoms with E-state index in [4.69, 9.17) is 25.8 Å². The first-order valence-electron chi connectivity index (χ1n) is 10.9. The van der Waals surface area contributed by atoms with E-state index in [9.17, 15) is 9.59 Å². The summed E-state index contributed by atoms with van der Waals surface area (Å²) in [6.45, 7) is 1.86. The average Bonchev–Trinajstić information content (AvgIpc) is 3.20. The summed E-state index contributed by atoms with van der Waals surface area (Å²) in [6.07, 6.45) is 2.30. The van der Waals surface area contributed by atoms with Crippen molar-refractivity contribution in [3.05, 3.63) is 94.1 Å². The van der Waals surface area contributed by atoms with Crippen molar-refractivity contribution in [2.24, 2.45) is 4.99 Å². The number of hydrogen-bond acceptors (Lipinski definition) is 6. The van der Waals surface area contributed by atoms with Crippen molar-refractivity contribution >= 4 is 41.1 Å². The number of esters is 1. The molecule has 0 fully saturated rings. The number of halogens is 1. The summed E-state index contributed by atoms with van der Waals surface area (Å²) in [6, 6.07) is 20.2. The number of nitrogens with zero attached hydrogens (tertiary/aromatic N) is 1. The van der Waals surface area contributed by atoms with Gasteiger partial charge in [0.15, 0.2) is 17.2 Å². The highest BCUT2D eigenvalue weighted by Crippen LogP contribution is 2.37. The van der Waals surface area contributed by atoms with Crippen LogP contribution in [0.25, 0.3) is 6.08 Å². The topological polar surface area (TPSA) is 86.2 Å². The Balaban J connectivity index is 1.51. The van der Waals surface area contributed by atoms with E-state index in [2.05, 4.69) is 10.3 Å². The van der Waals surface area contributed by atoms with Crippen molar-refractivity contribution < 1.29 is 23.8 Å². The maximum absolute atomic E-state index is 12.4. The fraction of sp³-hybridized carbons (Fsp3) is 0.148. The molecule has 1 aliphatic rings. The zero-order valence-corrected chi connectivity index (χ0v) is 20.0. The Morgan fingerprint density at radius 1 is 1.11 bits per heavy atom. The lowest BCUT2D eigenvalue weighted by atomic mass is 10.1. The number of hydrogen-bond donors (Lipinski definition) is 1. The van der Waals surface area contributed by atoms with Gasteiger partial charge in [-0.2, -0.15) is 0 Å². The number of methoxy groups -OCH3 is 1. The lowest BCUT2D eigenvalue weighted by Crippen LogP contribution is -2.07. The second-order valence-electron chi connectivity index (χ2n) is 7.71. The summed E-state index contributed by atoms with van der Waals surface area (Å²) >= 11 is 6.48. The summed E-state index contributed by atoms with van der Waals surface area (Å²) in [5.41, 5.74) is 3.13. The molecule has 7 nitrogen and oxygen atoms in total. The Hall–Kier alpha value is -4.10. The Bertz CT molecular complexity index is 1300. The molecule has 3 aromatic carbocycles. The van der Waals surface area contributed by atoms with E-state index in [-0.39, 0.29) is 17.5 Å². The van der Waals surface area contributed by atoms with Crippen LogP contribution in [0.3, 0.4) is 0 Å². The number of carbonyl (C=O) groups is 2. The molecule has 4 rings (SSSR count). The first-order valence-corrected chi connectivity index (χ1v) is 11.3. The van der Waals surface area contributed by atoms with Gasteiger partial charge < -0.3 is 19.5 Å². The monoisotopic (exact) mass is 490 g/mol. The van der Waals surface area contributed by atoms with E-state index in [1.165, 1.54) is 14.0 Å². The summed E-state index contributed by atoms with van der Waals surface area (Å²) in [5, 5.41) is 3.04. The molecule has 0 aromatic heterocycles. The van der Waals surface area contributed by atoms with E-state index in [0.717, 1.165) is 12.0 Å². The fourth-order valence-electron chi connectivity index (χ4n) is 3.47. The normalized spacial score (nSPS) is 13.9. The molecule has 8 heteroatoms. The van der Waals surface area contributed by atoms with Gasteiger partial charge in [-0.05, 0) is 53.6 Å². The predicted molar refractivity (Wildman–Crippen MR) is 135 cm³/mol. The predicted octanol–water partition coefficient (Wildman–Crippen LogP) is 5.27. The van der Waals surface area contributed by atoms with Gasteiger partial charge in [0.2, 0.25) is 11.8 Å². The van der Waals surface area contributed by atoms with Gasteiger partial charge in [-0.1, -0.05) is 41.9 Å². The van der Waals surface area contributed by atoms with Crippen LogP contribution in [0.15, 0.2) is 77.4 Å². The minimum absolute atomic E-state index is 0.127. The fourth-order valence-corrected chi connectivity index (χ4v) is 3.74. The van der Waals surface area contributed by atoms with Crippen molar-refractivity contribution in [1.82, 2.24) is 0 Å². The van der Waals surface area contributed by atoms with Gasteiger partial charge >= 0.3 is 5.97 Å². The van der Waals surface area contributed by atoms with Crippen molar-refractivity contribution in [2.75, 3.05) is 19.0 Å². The molecule has 0 saturated heterocycles. The Morgan fingerprint density at radius 3 is 2.54 bits per heavy atom. The molecule has 1 aliphatic heterocycles. The van der Waals surface area contributed by atoms with Crippen LogP contribution in [-0.4, -0.2) is 31.5 Å². The van der Waals surface area contributed by atoms with Gasteiger partial charge in [0.05, 0.1) is 18.7 Å². The van der Waals surface area contributed by atoms with Gasteiger partial charge in [0, 0.05) is 24.6 Å². The molecular weight excluding hydrogens is 468 g/mol. The Morgan fingerprint density at radius 2 is 1.86 bits per heavy atom. The number of anilines is 1. The third-order valence-corrected chi connectivity index (χ3v) is 5.39. The molecule has 0 bridgehead atoms. The van der Waals surface area contributed by atoms with Gasteiger partial charge in [-0.15, -0.1) is 0 Å². The summed E-state index contributed by atoms with van der Waals surface area (Å²) in [5.74, 6) is 0.305. The summed E-state index contributed by atoms with van der Waals surface area (Å²) in [7, 11) is 1.53. The molecule has 1 N–H and O–H groups in total. The largest absolute Gasteiger partial charge is 0.493 e. The average molecular weight is 491 g/mol. The van der Waals surface area contributed by atoms with Gasteiger partial charge in [0.25, 0.3) is 0 Å². The van der Waals surface area contributed by atoms with Crippen molar-refractivity contribution in [1.29, 1.82) is 0 Å². The van der Waals surface area contributed by atoms with E-state index in [1.54, 1.807) is 42.5 Å². The summed E-state index contributed by atoms with van der Waals surface area (Å²) < 4.78 is 16.7. The standard InChI is InChI=1S/C27H23ClN2O5/c1-17(31)29-21-10-8-20(9-11-21)26-30-23(27(32)35-26)15-19-14-22(28)25(24(16-19)33-2)34-13-12-18-6-4-3-5-7-18/h3-11,14-16H,12-13H2,1-2H3,(H,29,31)/b23-15-. The summed E-state index contributed by atoms with van der Waals surface area (Å²) in [4.78, 5) is 27.9. The SMILES string of the molecule is COc1cc(/C=C2\N=C(c3ccc(NC(C)=O)cc3)OC2=O)cc(Cl)c1OCCc1ccccc1. The van der Waals surface area contributed by atoms with E-state index in [1.807, 2.05) is 30.3 Å². The third-order valence-electron chi connectivity index (χ3n) is 5.11. The molecule has 178 valence electrons. The van der Waals surface area contributed by atoms with E-state index >= 15 is 0 Å². The highest BCUT2D eigenvalue weighted by atomic mass is 35.5.